The Kier molecular flexibility index (Phi) is 55.9. The normalized spacial score (nSPS) is 9.12. The van der Waals surface area contributed by atoms with Gasteiger partial charge in [0, 0.05) is 3.58 Å². The summed E-state index contributed by atoms with van der Waals surface area (Å²) in [4.78, 5) is 16.0. The molecule has 0 aliphatic rings. The molecule has 4 heteroatoms. The van der Waals surface area contributed by atoms with Gasteiger partial charge in [0.05, 0.1) is 6.61 Å². The fourth-order valence-corrected chi connectivity index (χ4v) is 2.06. The maximum Gasteiger partial charge on any atom is 0.119 e. The summed E-state index contributed by atoms with van der Waals surface area (Å²) in [6.07, 6.45) is 11.4. The molecule has 34 heavy (non-hydrogen) atoms. The number of ether oxygens (including phenoxy) is 1. The van der Waals surface area contributed by atoms with Gasteiger partial charge in [-0.2, -0.15) is 0 Å². The SMILES string of the molecule is C=C/C(I)=C\C=C/C.C=O.C=O.CC.CC.CC.CCCCCOc1ccc(C(C)(C)C)cc1. The Morgan fingerprint density at radius 3 is 1.68 bits per heavy atom. The molecule has 1 rings (SSSR count). The highest BCUT2D eigenvalue weighted by atomic mass is 127. The molecular formula is C30H55IO3. The number of halogens is 1. The molecule has 0 saturated carbocycles. The third-order valence-electron chi connectivity index (χ3n) is 3.38. The van der Waals surface area contributed by atoms with E-state index in [1.165, 1.54) is 22.0 Å². The maximum absolute atomic E-state index is 8.00. The molecule has 1 aromatic carbocycles. The van der Waals surface area contributed by atoms with Crippen molar-refractivity contribution < 1.29 is 14.3 Å². The Labute approximate surface area is 227 Å². The smallest absolute Gasteiger partial charge is 0.119 e. The van der Waals surface area contributed by atoms with Crippen LogP contribution in [0.3, 0.4) is 0 Å². The van der Waals surface area contributed by atoms with Crippen molar-refractivity contribution in [2.75, 3.05) is 6.61 Å². The topological polar surface area (TPSA) is 43.4 Å². The number of hydrogen-bond donors (Lipinski definition) is 0. The first-order valence-electron chi connectivity index (χ1n) is 12.3. The molecule has 0 radical (unpaired) electrons. The first-order chi connectivity index (χ1) is 16.3. The van der Waals surface area contributed by atoms with E-state index in [2.05, 4.69) is 81.1 Å². The molecule has 0 heterocycles. The van der Waals surface area contributed by atoms with E-state index in [4.69, 9.17) is 14.3 Å². The molecule has 1 aromatic rings. The van der Waals surface area contributed by atoms with Gasteiger partial charge in [-0.05, 0) is 65.1 Å². The van der Waals surface area contributed by atoms with E-state index >= 15 is 0 Å². The standard InChI is InChI=1S/C15H24O.C7H9I.3C2H6.2CH2O/c1-5-6-7-12-16-14-10-8-13(9-11-14)15(2,3)4;1-3-5-6-7(8)4-2;5*1-2/h8-11H,5-7,12H2,1-4H3;3-6H,2H2,1H3;3*1-2H3;2*1H2/b;5-3-,7-6+;;;;;. The molecule has 0 N–H and O–H groups in total. The number of unbranched alkanes of at least 4 members (excludes halogenated alkanes) is 2. The number of hydrogen-bond acceptors (Lipinski definition) is 3. The number of allylic oxidation sites excluding steroid dienone is 5. The Balaban J connectivity index is -0.0000000920. The summed E-state index contributed by atoms with van der Waals surface area (Å²) >= 11 is 2.22. The Morgan fingerprint density at radius 2 is 1.35 bits per heavy atom. The Bertz CT molecular complexity index is 539. The zero-order valence-electron chi connectivity index (χ0n) is 24.2. The summed E-state index contributed by atoms with van der Waals surface area (Å²) in [5.41, 5.74) is 1.58. The molecule has 0 aliphatic carbocycles. The summed E-state index contributed by atoms with van der Waals surface area (Å²) < 4.78 is 6.84. The third kappa shape index (κ3) is 37.6. The highest BCUT2D eigenvalue weighted by Gasteiger charge is 2.12. The lowest BCUT2D eigenvalue weighted by molar-refractivity contribution is -0.0987. The fourth-order valence-electron chi connectivity index (χ4n) is 1.85. The zero-order valence-corrected chi connectivity index (χ0v) is 26.3. The van der Waals surface area contributed by atoms with E-state index in [0.29, 0.717) is 0 Å². The van der Waals surface area contributed by atoms with E-state index in [9.17, 15) is 0 Å². The van der Waals surface area contributed by atoms with Gasteiger partial charge in [-0.3, -0.25) is 0 Å². The van der Waals surface area contributed by atoms with E-state index < -0.39 is 0 Å². The van der Waals surface area contributed by atoms with Gasteiger partial charge in [0.15, 0.2) is 0 Å². The lowest BCUT2D eigenvalue weighted by Crippen LogP contribution is -2.10. The summed E-state index contributed by atoms with van der Waals surface area (Å²) in [5.74, 6) is 0.990. The number of carbonyl (C=O) groups is 2. The number of carbonyl (C=O) groups excluding carboxylic acids is 2. The van der Waals surface area contributed by atoms with E-state index in [1.807, 2.05) is 86.3 Å². The predicted molar refractivity (Wildman–Crippen MR) is 166 cm³/mol. The van der Waals surface area contributed by atoms with Crippen molar-refractivity contribution in [1.29, 1.82) is 0 Å². The molecular weight excluding hydrogens is 535 g/mol. The van der Waals surface area contributed by atoms with Gasteiger partial charge >= 0.3 is 0 Å². The van der Waals surface area contributed by atoms with Gasteiger partial charge in [-0.15, -0.1) is 0 Å². The van der Waals surface area contributed by atoms with Crippen molar-refractivity contribution in [2.24, 2.45) is 0 Å². The minimum Gasteiger partial charge on any atom is -0.494 e. The van der Waals surface area contributed by atoms with Crippen LogP contribution in [0, 0.1) is 0 Å². The molecule has 0 aromatic heterocycles. The molecule has 0 amide bonds. The van der Waals surface area contributed by atoms with Crippen LogP contribution in [0.15, 0.2) is 58.7 Å². The number of benzene rings is 1. The highest BCUT2D eigenvalue weighted by Crippen LogP contribution is 2.24. The van der Waals surface area contributed by atoms with Gasteiger partial charge in [0.1, 0.15) is 19.3 Å². The third-order valence-corrected chi connectivity index (χ3v) is 4.18. The van der Waals surface area contributed by atoms with Crippen molar-refractivity contribution in [3.05, 3.63) is 64.3 Å². The summed E-state index contributed by atoms with van der Waals surface area (Å²) in [6.45, 7) is 31.3. The van der Waals surface area contributed by atoms with Crippen molar-refractivity contribution in [3.63, 3.8) is 0 Å². The first kappa shape index (κ1) is 45.8. The lowest BCUT2D eigenvalue weighted by atomic mass is 9.87. The lowest BCUT2D eigenvalue weighted by Gasteiger charge is -2.19. The van der Waals surface area contributed by atoms with Crippen LogP contribution in [0.1, 0.15) is 101 Å². The zero-order chi connectivity index (χ0) is 28.4. The second-order valence-corrected chi connectivity index (χ2v) is 7.86. The minimum absolute atomic E-state index is 0.223. The molecule has 0 fully saturated rings. The molecule has 0 unspecified atom stereocenters. The van der Waals surface area contributed by atoms with Crippen LogP contribution in [-0.2, 0) is 15.0 Å². The van der Waals surface area contributed by atoms with Gasteiger partial charge in [0.25, 0.3) is 0 Å². The van der Waals surface area contributed by atoms with Crippen LogP contribution in [0.5, 0.6) is 5.75 Å². The second kappa shape index (κ2) is 41.6. The molecule has 0 saturated heterocycles. The average Bonchev–Trinajstić information content (AvgIpc) is 2.91. The quantitative estimate of drug-likeness (QED) is 0.180. The van der Waals surface area contributed by atoms with Gasteiger partial charge in [0.2, 0.25) is 0 Å². The van der Waals surface area contributed by atoms with Crippen LogP contribution < -0.4 is 4.74 Å². The summed E-state index contributed by atoms with van der Waals surface area (Å²) in [7, 11) is 0. The van der Waals surface area contributed by atoms with E-state index in [0.717, 1.165) is 18.8 Å². The van der Waals surface area contributed by atoms with Crippen LogP contribution in [0.4, 0.5) is 0 Å². The van der Waals surface area contributed by atoms with Crippen molar-refractivity contribution in [2.45, 2.75) is 101 Å². The largest absolute Gasteiger partial charge is 0.494 e. The van der Waals surface area contributed by atoms with E-state index in [-0.39, 0.29) is 5.41 Å². The summed E-state index contributed by atoms with van der Waals surface area (Å²) in [5, 5.41) is 0. The van der Waals surface area contributed by atoms with Gasteiger partial charge in [-0.25, -0.2) is 0 Å². The highest BCUT2D eigenvalue weighted by molar-refractivity contribution is 14.1. The molecule has 3 nitrogen and oxygen atoms in total. The molecule has 0 aliphatic heterocycles. The van der Waals surface area contributed by atoms with Crippen LogP contribution in [0.25, 0.3) is 0 Å². The summed E-state index contributed by atoms with van der Waals surface area (Å²) in [6, 6.07) is 8.48. The Hall–Kier alpha value is -1.69. The Morgan fingerprint density at radius 1 is 0.912 bits per heavy atom. The maximum atomic E-state index is 8.00. The van der Waals surface area contributed by atoms with Crippen LogP contribution >= 0.6 is 22.6 Å². The van der Waals surface area contributed by atoms with Crippen LogP contribution in [-0.4, -0.2) is 20.2 Å². The first-order valence-corrected chi connectivity index (χ1v) is 13.3. The predicted octanol–water partition coefficient (Wildman–Crippen LogP) is 10.3. The van der Waals surface area contributed by atoms with E-state index in [1.54, 1.807) is 0 Å². The van der Waals surface area contributed by atoms with Crippen molar-refractivity contribution >= 4 is 36.2 Å². The molecule has 0 spiro atoms. The molecule has 200 valence electrons. The van der Waals surface area contributed by atoms with Crippen LogP contribution in [0.2, 0.25) is 0 Å². The van der Waals surface area contributed by atoms with Gasteiger partial charge < -0.3 is 14.3 Å². The monoisotopic (exact) mass is 590 g/mol. The fraction of sp³-hybridized carbons (Fsp3) is 0.533. The van der Waals surface area contributed by atoms with Crippen molar-refractivity contribution in [3.8, 4) is 5.75 Å². The minimum atomic E-state index is 0.223. The average molecular weight is 591 g/mol. The van der Waals surface area contributed by atoms with Crippen molar-refractivity contribution in [1.82, 2.24) is 0 Å². The molecule has 0 bridgehead atoms. The molecule has 0 atom stereocenters. The van der Waals surface area contributed by atoms with Gasteiger partial charge in [-0.1, -0.05) is 119 Å². The number of rotatable bonds is 7. The second-order valence-electron chi connectivity index (χ2n) is 6.61.